The Labute approximate surface area is 333 Å². The van der Waals surface area contributed by atoms with E-state index in [-0.39, 0.29) is 25.2 Å². The highest BCUT2D eigenvalue weighted by Gasteiger charge is 2.35. The van der Waals surface area contributed by atoms with Crippen molar-refractivity contribution in [3.63, 3.8) is 0 Å². The van der Waals surface area contributed by atoms with E-state index in [1.165, 1.54) is 116 Å². The normalized spacial score (nSPS) is 14.4. The van der Waals surface area contributed by atoms with E-state index in [0.717, 1.165) is 51.4 Å². The molecule has 54 heavy (non-hydrogen) atoms. The number of likely N-dealkylation sites (N-methyl/N-ethyl adjacent to an activating group) is 1. The van der Waals surface area contributed by atoms with Crippen LogP contribution in [0.25, 0.3) is 0 Å². The molecule has 0 aliphatic carbocycles. The predicted molar refractivity (Wildman–Crippen MR) is 225 cm³/mol. The van der Waals surface area contributed by atoms with Crippen LogP contribution in [0.1, 0.15) is 206 Å². The molecule has 3 atom stereocenters. The SMILES string of the molecule is CCCCCCCC/C=C\CCCCCCCC(=O)OC(CO)COP(=O)(O)OC(C[N+](C)(C)C)C(=O)CCCCCCCCCCCCCCCCC. The summed E-state index contributed by atoms with van der Waals surface area (Å²) < 4.78 is 29.1. The predicted octanol–water partition coefficient (Wildman–Crippen LogP) is 12.0. The molecule has 0 aromatic heterocycles. The quantitative estimate of drug-likeness (QED) is 0.0207. The van der Waals surface area contributed by atoms with Crippen LogP contribution in [0.15, 0.2) is 12.2 Å². The third-order valence-electron chi connectivity index (χ3n) is 9.93. The molecule has 0 aliphatic heterocycles. The Morgan fingerprint density at radius 2 is 1.00 bits per heavy atom. The number of ketones is 1. The maximum absolute atomic E-state index is 13.1. The van der Waals surface area contributed by atoms with Crippen molar-refractivity contribution >= 4 is 19.6 Å². The van der Waals surface area contributed by atoms with E-state index < -0.39 is 39.2 Å². The van der Waals surface area contributed by atoms with E-state index in [4.69, 9.17) is 13.8 Å². The highest BCUT2D eigenvalue weighted by Crippen LogP contribution is 2.45. The van der Waals surface area contributed by atoms with Gasteiger partial charge in [-0.2, -0.15) is 0 Å². The second kappa shape index (κ2) is 36.3. The molecule has 0 heterocycles. The number of quaternary nitrogens is 1. The van der Waals surface area contributed by atoms with Crippen molar-refractivity contribution in [1.29, 1.82) is 0 Å². The molecule has 0 bridgehead atoms. The van der Waals surface area contributed by atoms with Crippen LogP contribution in [0.2, 0.25) is 0 Å². The fourth-order valence-corrected chi connectivity index (χ4v) is 7.52. The van der Waals surface area contributed by atoms with Crippen LogP contribution in [0, 0.1) is 0 Å². The number of rotatable bonds is 41. The summed E-state index contributed by atoms with van der Waals surface area (Å²) in [7, 11) is 0.994. The number of ether oxygens (including phenoxy) is 1. The van der Waals surface area contributed by atoms with Crippen LogP contribution >= 0.6 is 7.82 Å². The van der Waals surface area contributed by atoms with Gasteiger partial charge in [0.15, 0.2) is 11.9 Å². The molecule has 0 spiro atoms. The molecular formula is C44H87NO8P+. The van der Waals surface area contributed by atoms with Gasteiger partial charge in [-0.15, -0.1) is 0 Å². The van der Waals surface area contributed by atoms with Gasteiger partial charge in [0, 0.05) is 12.8 Å². The summed E-state index contributed by atoms with van der Waals surface area (Å²) in [6, 6.07) is 0. The molecule has 0 fully saturated rings. The molecular weight excluding hydrogens is 701 g/mol. The zero-order valence-corrected chi connectivity index (χ0v) is 36.8. The number of phosphoric acid groups is 1. The maximum atomic E-state index is 13.1. The fourth-order valence-electron chi connectivity index (χ4n) is 6.60. The Bertz CT molecular complexity index is 953. The molecule has 0 saturated carbocycles. The van der Waals surface area contributed by atoms with Gasteiger partial charge in [0.05, 0.1) is 34.4 Å². The number of Topliss-reactive ketones (excluding diaryl/α,β-unsaturated/α-hetero) is 1. The molecule has 0 saturated heterocycles. The number of allylic oxidation sites excluding steroid dienone is 2. The topological polar surface area (TPSA) is 119 Å². The Kier molecular flexibility index (Phi) is 35.5. The molecule has 0 rings (SSSR count). The minimum atomic E-state index is -4.67. The summed E-state index contributed by atoms with van der Waals surface area (Å²) in [6.07, 6.45) is 36.6. The maximum Gasteiger partial charge on any atom is 0.473 e. The number of aliphatic hydroxyl groups is 1. The molecule has 0 amide bonds. The second-order valence-corrected chi connectivity index (χ2v) is 18.0. The van der Waals surface area contributed by atoms with Crippen molar-refractivity contribution in [3.05, 3.63) is 12.2 Å². The second-order valence-electron chi connectivity index (χ2n) is 16.6. The summed E-state index contributed by atoms with van der Waals surface area (Å²) in [5.74, 6) is -0.703. The number of carbonyl (C=O) groups is 2. The molecule has 10 heteroatoms. The number of carbonyl (C=O) groups excluding carboxylic acids is 2. The third-order valence-corrected chi connectivity index (χ3v) is 10.9. The third kappa shape index (κ3) is 36.5. The van der Waals surface area contributed by atoms with Crippen molar-refractivity contribution in [2.75, 3.05) is 40.9 Å². The zero-order chi connectivity index (χ0) is 40.2. The number of esters is 1. The summed E-state index contributed by atoms with van der Waals surface area (Å²) in [5, 5.41) is 9.73. The van der Waals surface area contributed by atoms with E-state index in [1.807, 2.05) is 21.1 Å². The Hall–Kier alpha value is -1.09. The van der Waals surface area contributed by atoms with Gasteiger partial charge in [-0.3, -0.25) is 18.6 Å². The van der Waals surface area contributed by atoms with Gasteiger partial charge in [0.25, 0.3) is 0 Å². The first-order valence-corrected chi connectivity index (χ1v) is 23.9. The number of hydrogen-bond donors (Lipinski definition) is 2. The number of hydrogen-bond acceptors (Lipinski definition) is 7. The lowest BCUT2D eigenvalue weighted by atomic mass is 10.0. The van der Waals surface area contributed by atoms with E-state index in [1.54, 1.807) is 0 Å². The van der Waals surface area contributed by atoms with Crippen LogP contribution in [-0.2, 0) is 27.9 Å². The molecule has 0 aromatic rings. The molecule has 0 radical (unpaired) electrons. The molecule has 3 unspecified atom stereocenters. The van der Waals surface area contributed by atoms with Crippen molar-refractivity contribution in [2.24, 2.45) is 0 Å². The van der Waals surface area contributed by atoms with Gasteiger partial charge in [0.2, 0.25) is 0 Å². The van der Waals surface area contributed by atoms with E-state index >= 15 is 0 Å². The fraction of sp³-hybridized carbons (Fsp3) is 0.909. The minimum absolute atomic E-state index is 0.208. The van der Waals surface area contributed by atoms with Gasteiger partial charge < -0.3 is 19.2 Å². The van der Waals surface area contributed by atoms with E-state index in [2.05, 4.69) is 26.0 Å². The number of aliphatic hydroxyl groups excluding tert-OH is 1. The van der Waals surface area contributed by atoms with Crippen LogP contribution in [-0.4, -0.2) is 79.3 Å². The highest BCUT2D eigenvalue weighted by atomic mass is 31.2. The highest BCUT2D eigenvalue weighted by molar-refractivity contribution is 7.47. The summed E-state index contributed by atoms with van der Waals surface area (Å²) in [4.78, 5) is 36.0. The van der Waals surface area contributed by atoms with E-state index in [0.29, 0.717) is 17.3 Å². The summed E-state index contributed by atoms with van der Waals surface area (Å²) in [6.45, 7) is 3.65. The largest absolute Gasteiger partial charge is 0.473 e. The van der Waals surface area contributed by atoms with Crippen LogP contribution < -0.4 is 0 Å². The molecule has 0 aromatic carbocycles. The van der Waals surface area contributed by atoms with Crippen molar-refractivity contribution in [1.82, 2.24) is 0 Å². The summed E-state index contributed by atoms with van der Waals surface area (Å²) in [5.41, 5.74) is 0. The smallest absolute Gasteiger partial charge is 0.457 e. The van der Waals surface area contributed by atoms with Crippen molar-refractivity contribution in [2.45, 2.75) is 219 Å². The molecule has 2 N–H and O–H groups in total. The first kappa shape index (κ1) is 52.9. The van der Waals surface area contributed by atoms with Gasteiger partial charge in [-0.25, -0.2) is 4.57 Å². The van der Waals surface area contributed by atoms with Gasteiger partial charge >= 0.3 is 13.8 Å². The molecule has 0 aliphatic rings. The first-order chi connectivity index (χ1) is 25.9. The van der Waals surface area contributed by atoms with Crippen molar-refractivity contribution in [3.8, 4) is 0 Å². The minimum Gasteiger partial charge on any atom is -0.457 e. The Balaban J connectivity index is 4.26. The average molecular weight is 789 g/mol. The molecule has 320 valence electrons. The number of nitrogens with zero attached hydrogens (tertiary/aromatic N) is 1. The lowest BCUT2D eigenvalue weighted by molar-refractivity contribution is -0.872. The van der Waals surface area contributed by atoms with E-state index in [9.17, 15) is 24.2 Å². The van der Waals surface area contributed by atoms with Gasteiger partial charge in [-0.1, -0.05) is 167 Å². The average Bonchev–Trinajstić information content (AvgIpc) is 3.12. The number of unbranched alkanes of at least 4 members (excludes halogenated alkanes) is 25. The molecule has 9 nitrogen and oxygen atoms in total. The zero-order valence-electron chi connectivity index (χ0n) is 35.9. The van der Waals surface area contributed by atoms with Gasteiger partial charge in [-0.05, 0) is 38.5 Å². The van der Waals surface area contributed by atoms with Crippen LogP contribution in [0.3, 0.4) is 0 Å². The Morgan fingerprint density at radius 1 is 0.611 bits per heavy atom. The van der Waals surface area contributed by atoms with Crippen molar-refractivity contribution < 1.29 is 42.4 Å². The van der Waals surface area contributed by atoms with Gasteiger partial charge in [0.1, 0.15) is 12.6 Å². The lowest BCUT2D eigenvalue weighted by Crippen LogP contribution is -2.45. The first-order valence-electron chi connectivity index (χ1n) is 22.4. The standard InChI is InChI=1S/C44H86NO8P/c1-6-8-10-12-14-16-18-20-22-24-26-28-30-32-34-36-42(47)43(38-45(3,4)5)53-54(49,50)51-40-41(39-46)52-44(48)37-35-33-31-29-27-25-23-21-19-17-15-13-11-9-7-2/h21,23,41,43,46H,6-20,22,24-40H2,1-5H3/p+1/b23-21-. The monoisotopic (exact) mass is 789 g/mol. The number of phosphoric ester groups is 1. The Morgan fingerprint density at radius 3 is 1.41 bits per heavy atom. The van der Waals surface area contributed by atoms with Crippen LogP contribution in [0.4, 0.5) is 0 Å². The van der Waals surface area contributed by atoms with Crippen LogP contribution in [0.5, 0.6) is 0 Å². The lowest BCUT2D eigenvalue weighted by Gasteiger charge is -2.29. The summed E-state index contributed by atoms with van der Waals surface area (Å²) >= 11 is 0.